The minimum absolute atomic E-state index is 0.242. The van der Waals surface area contributed by atoms with Crippen molar-refractivity contribution in [2.24, 2.45) is 10.4 Å². The van der Waals surface area contributed by atoms with Crippen molar-refractivity contribution in [1.82, 2.24) is 10.6 Å². The van der Waals surface area contributed by atoms with Crippen LogP contribution in [-0.4, -0.2) is 52.0 Å². The first-order valence-electron chi connectivity index (χ1n) is 9.26. The van der Waals surface area contributed by atoms with Crippen LogP contribution in [0.15, 0.2) is 4.99 Å². The van der Waals surface area contributed by atoms with E-state index in [-0.39, 0.29) is 5.41 Å². The van der Waals surface area contributed by atoms with Crippen molar-refractivity contribution in [3.8, 4) is 0 Å². The third-order valence-corrected chi connectivity index (χ3v) is 5.32. The number of unbranched alkanes of at least 4 members (excludes halogenated alkanes) is 2. The summed E-state index contributed by atoms with van der Waals surface area (Å²) in [5, 5.41) is 7.06. The molecule has 0 amide bonds. The van der Waals surface area contributed by atoms with Gasteiger partial charge < -0.3 is 20.1 Å². The van der Waals surface area contributed by atoms with E-state index in [9.17, 15) is 0 Å². The van der Waals surface area contributed by atoms with Gasteiger partial charge in [-0.25, -0.2) is 0 Å². The molecule has 0 aromatic heterocycles. The van der Waals surface area contributed by atoms with Gasteiger partial charge in [0, 0.05) is 45.4 Å². The first-order valence-corrected chi connectivity index (χ1v) is 9.26. The van der Waals surface area contributed by atoms with Gasteiger partial charge in [-0.05, 0) is 45.4 Å². The predicted octanol–water partition coefficient (Wildman–Crippen LogP) is 2.95. The Morgan fingerprint density at radius 3 is 2.48 bits per heavy atom. The second-order valence-corrected chi connectivity index (χ2v) is 6.37. The molecule has 1 fully saturated rings. The van der Waals surface area contributed by atoms with E-state index in [1.807, 2.05) is 7.05 Å². The Morgan fingerprint density at radius 1 is 1.17 bits per heavy atom. The van der Waals surface area contributed by atoms with E-state index in [1.165, 1.54) is 6.42 Å². The Bertz CT molecular complexity index is 343. The lowest BCUT2D eigenvalue weighted by Crippen LogP contribution is -2.65. The maximum Gasteiger partial charge on any atom is 0.191 e. The summed E-state index contributed by atoms with van der Waals surface area (Å²) in [4.78, 5) is 4.38. The lowest BCUT2D eigenvalue weighted by molar-refractivity contribution is -0.133. The average molecular weight is 328 g/mol. The molecule has 0 aromatic carbocycles. The molecule has 1 aliphatic carbocycles. The summed E-state index contributed by atoms with van der Waals surface area (Å²) in [6, 6.07) is 0.453. The minimum atomic E-state index is 0.242. The van der Waals surface area contributed by atoms with E-state index in [2.05, 4.69) is 36.4 Å². The highest BCUT2D eigenvalue weighted by Crippen LogP contribution is 2.48. The molecule has 1 rings (SSSR count). The molecular weight excluding hydrogens is 290 g/mol. The molecule has 2 unspecified atom stereocenters. The van der Waals surface area contributed by atoms with Gasteiger partial charge in [0.25, 0.3) is 0 Å². The minimum Gasteiger partial charge on any atom is -0.385 e. The lowest BCUT2D eigenvalue weighted by Gasteiger charge is -2.55. The zero-order valence-electron chi connectivity index (χ0n) is 15.8. The third-order valence-electron chi connectivity index (χ3n) is 5.32. The van der Waals surface area contributed by atoms with Crippen LogP contribution < -0.4 is 10.6 Å². The van der Waals surface area contributed by atoms with Gasteiger partial charge in [-0.2, -0.15) is 0 Å². The Labute approximate surface area is 142 Å². The number of hydrogen-bond donors (Lipinski definition) is 2. The van der Waals surface area contributed by atoms with Crippen LogP contribution in [0.1, 0.15) is 59.3 Å². The van der Waals surface area contributed by atoms with Crippen molar-refractivity contribution < 1.29 is 9.47 Å². The fourth-order valence-electron chi connectivity index (χ4n) is 3.70. The molecule has 1 saturated carbocycles. The summed E-state index contributed by atoms with van der Waals surface area (Å²) < 4.78 is 11.0. The van der Waals surface area contributed by atoms with Crippen molar-refractivity contribution in [2.45, 2.75) is 71.4 Å². The number of rotatable bonds is 11. The SMILES string of the molecule is CCOC1CC(NC(=NC)NCCCCCOC)C1(CC)CC. The number of guanidine groups is 1. The standard InChI is InChI=1S/C18H37N3O2/c1-6-18(7-2)15(14-16(18)23-8-3)21-17(19-4)20-12-10-9-11-13-22-5/h15-16H,6-14H2,1-5H3,(H2,19,20,21). The van der Waals surface area contributed by atoms with Crippen LogP contribution in [0, 0.1) is 5.41 Å². The largest absolute Gasteiger partial charge is 0.385 e. The van der Waals surface area contributed by atoms with Crippen molar-refractivity contribution in [3.05, 3.63) is 0 Å². The zero-order valence-corrected chi connectivity index (χ0v) is 15.8. The van der Waals surface area contributed by atoms with Crippen LogP contribution in [0.4, 0.5) is 0 Å². The molecule has 0 saturated heterocycles. The average Bonchev–Trinajstić information content (AvgIpc) is 2.56. The van der Waals surface area contributed by atoms with Crippen LogP contribution in [0.5, 0.6) is 0 Å². The summed E-state index contributed by atoms with van der Waals surface area (Å²) in [7, 11) is 3.60. The second kappa shape index (κ2) is 10.9. The normalized spacial score (nSPS) is 23.4. The molecule has 2 atom stereocenters. The summed E-state index contributed by atoms with van der Waals surface area (Å²) in [5.74, 6) is 0.919. The quantitative estimate of drug-likeness (QED) is 0.348. The van der Waals surface area contributed by atoms with Crippen LogP contribution in [0.2, 0.25) is 0 Å². The smallest absolute Gasteiger partial charge is 0.191 e. The van der Waals surface area contributed by atoms with Crippen LogP contribution in [0.3, 0.4) is 0 Å². The van der Waals surface area contributed by atoms with Gasteiger partial charge in [0.15, 0.2) is 5.96 Å². The Balaban J connectivity index is 2.40. The highest BCUT2D eigenvalue weighted by Gasteiger charge is 2.53. The topological polar surface area (TPSA) is 54.9 Å². The van der Waals surface area contributed by atoms with Crippen LogP contribution in [0.25, 0.3) is 0 Å². The molecule has 0 heterocycles. The number of methoxy groups -OCH3 is 1. The van der Waals surface area contributed by atoms with Crippen LogP contribution >= 0.6 is 0 Å². The number of nitrogens with one attached hydrogen (secondary N) is 2. The Kier molecular flexibility index (Phi) is 9.56. The number of nitrogens with zero attached hydrogens (tertiary/aromatic N) is 1. The molecule has 2 N–H and O–H groups in total. The maximum atomic E-state index is 5.94. The number of hydrogen-bond acceptors (Lipinski definition) is 3. The monoisotopic (exact) mass is 327 g/mol. The molecule has 23 heavy (non-hydrogen) atoms. The zero-order chi connectivity index (χ0) is 17.1. The molecule has 136 valence electrons. The van der Waals surface area contributed by atoms with Gasteiger partial charge in [-0.15, -0.1) is 0 Å². The highest BCUT2D eigenvalue weighted by molar-refractivity contribution is 5.80. The third kappa shape index (κ3) is 5.35. The van der Waals surface area contributed by atoms with Gasteiger partial charge in [0.2, 0.25) is 0 Å². The summed E-state index contributed by atoms with van der Waals surface area (Å²) >= 11 is 0. The molecular formula is C18H37N3O2. The van der Waals surface area contributed by atoms with E-state index in [0.29, 0.717) is 12.1 Å². The number of aliphatic imine (C=N–C) groups is 1. The first-order chi connectivity index (χ1) is 11.2. The van der Waals surface area contributed by atoms with Gasteiger partial charge in [-0.1, -0.05) is 13.8 Å². The van der Waals surface area contributed by atoms with E-state index in [0.717, 1.165) is 57.8 Å². The summed E-state index contributed by atoms with van der Waals surface area (Å²) in [6.45, 7) is 9.23. The predicted molar refractivity (Wildman–Crippen MR) is 97.1 cm³/mol. The number of ether oxygens (including phenoxy) is 2. The molecule has 5 nitrogen and oxygen atoms in total. The maximum absolute atomic E-state index is 5.94. The van der Waals surface area contributed by atoms with Crippen molar-refractivity contribution in [2.75, 3.05) is 33.9 Å². The fourth-order valence-corrected chi connectivity index (χ4v) is 3.70. The highest BCUT2D eigenvalue weighted by atomic mass is 16.5. The molecule has 1 aliphatic rings. The summed E-state index contributed by atoms with van der Waals surface area (Å²) in [6.07, 6.45) is 7.18. The van der Waals surface area contributed by atoms with Gasteiger partial charge in [0.1, 0.15) is 0 Å². The fraction of sp³-hybridized carbons (Fsp3) is 0.944. The summed E-state index contributed by atoms with van der Waals surface area (Å²) in [5.41, 5.74) is 0.242. The van der Waals surface area contributed by atoms with E-state index in [1.54, 1.807) is 7.11 Å². The molecule has 0 radical (unpaired) electrons. The van der Waals surface area contributed by atoms with Gasteiger partial charge in [0.05, 0.1) is 6.10 Å². The Morgan fingerprint density at radius 2 is 1.91 bits per heavy atom. The van der Waals surface area contributed by atoms with Crippen molar-refractivity contribution in [1.29, 1.82) is 0 Å². The van der Waals surface area contributed by atoms with Crippen LogP contribution in [-0.2, 0) is 9.47 Å². The molecule has 0 bridgehead atoms. The first kappa shape index (κ1) is 20.2. The second-order valence-electron chi connectivity index (χ2n) is 6.37. The van der Waals surface area contributed by atoms with E-state index >= 15 is 0 Å². The van der Waals surface area contributed by atoms with Gasteiger partial charge >= 0.3 is 0 Å². The molecule has 5 heteroatoms. The molecule has 0 spiro atoms. The molecule has 0 aromatic rings. The molecule has 0 aliphatic heterocycles. The lowest BCUT2D eigenvalue weighted by atomic mass is 9.58. The van der Waals surface area contributed by atoms with Crippen molar-refractivity contribution >= 4 is 5.96 Å². The van der Waals surface area contributed by atoms with E-state index < -0.39 is 0 Å². The van der Waals surface area contributed by atoms with Gasteiger partial charge in [-0.3, -0.25) is 4.99 Å². The van der Waals surface area contributed by atoms with Crippen molar-refractivity contribution in [3.63, 3.8) is 0 Å². The Hall–Kier alpha value is -0.810. The van der Waals surface area contributed by atoms with E-state index in [4.69, 9.17) is 9.47 Å².